The lowest BCUT2D eigenvalue weighted by atomic mass is 10.3. The Morgan fingerprint density at radius 1 is 1.21 bits per heavy atom. The molecule has 0 saturated carbocycles. The highest BCUT2D eigenvalue weighted by atomic mass is 127. The van der Waals surface area contributed by atoms with Gasteiger partial charge in [0.05, 0.1) is 6.67 Å². The molecule has 0 unspecified atom stereocenters. The Balaban J connectivity index is 2.11. The number of hydrogen-bond acceptors (Lipinski definition) is 2. The van der Waals surface area contributed by atoms with E-state index in [-0.39, 0.29) is 0 Å². The molecule has 3 heteroatoms. The number of anilines is 1. The monoisotopic (exact) mass is 300 g/mol. The molecule has 0 aromatic heterocycles. The van der Waals surface area contributed by atoms with Crippen molar-refractivity contribution in [3.05, 3.63) is 40.2 Å². The summed E-state index contributed by atoms with van der Waals surface area (Å²) in [5.41, 5.74) is 1.26. The average Bonchev–Trinajstić information content (AvgIpc) is 2.67. The minimum atomic E-state index is 0.969. The van der Waals surface area contributed by atoms with Crippen LogP contribution in [0, 0.1) is 3.57 Å². The van der Waals surface area contributed by atoms with Gasteiger partial charge in [-0.2, -0.15) is 0 Å². The van der Waals surface area contributed by atoms with E-state index in [4.69, 9.17) is 0 Å². The van der Waals surface area contributed by atoms with Crippen LogP contribution in [0.3, 0.4) is 0 Å². The maximum atomic E-state index is 2.32. The van der Waals surface area contributed by atoms with Crippen molar-refractivity contribution in [2.45, 2.75) is 6.92 Å². The second-order valence-corrected chi connectivity index (χ2v) is 4.54. The predicted molar refractivity (Wildman–Crippen MR) is 68.0 cm³/mol. The Morgan fingerprint density at radius 2 is 1.93 bits per heavy atom. The molecule has 0 aliphatic carbocycles. The zero-order chi connectivity index (χ0) is 9.97. The fourth-order valence-corrected chi connectivity index (χ4v) is 1.83. The van der Waals surface area contributed by atoms with Crippen molar-refractivity contribution >= 4 is 28.3 Å². The first-order valence-electron chi connectivity index (χ1n) is 4.74. The molecule has 1 aliphatic heterocycles. The summed E-state index contributed by atoms with van der Waals surface area (Å²) >= 11 is 2.32. The van der Waals surface area contributed by atoms with Gasteiger partial charge in [-0.25, -0.2) is 0 Å². The Kier molecular flexibility index (Phi) is 2.96. The zero-order valence-corrected chi connectivity index (χ0v) is 10.3. The highest BCUT2D eigenvalue weighted by Crippen LogP contribution is 2.20. The van der Waals surface area contributed by atoms with Gasteiger partial charge in [-0.3, -0.25) is 0 Å². The molecule has 0 amide bonds. The fourth-order valence-electron chi connectivity index (χ4n) is 1.47. The van der Waals surface area contributed by atoms with Crippen LogP contribution in [0.15, 0.2) is 36.7 Å². The highest BCUT2D eigenvalue weighted by molar-refractivity contribution is 14.1. The van der Waals surface area contributed by atoms with Gasteiger partial charge in [0.1, 0.15) is 0 Å². The topological polar surface area (TPSA) is 6.48 Å². The van der Waals surface area contributed by atoms with Crippen LogP contribution >= 0.6 is 22.6 Å². The van der Waals surface area contributed by atoms with Gasteiger partial charge in [0, 0.05) is 28.2 Å². The summed E-state index contributed by atoms with van der Waals surface area (Å²) < 4.78 is 1.28. The largest absolute Gasteiger partial charge is 0.359 e. The van der Waals surface area contributed by atoms with Gasteiger partial charge in [-0.1, -0.05) is 0 Å². The summed E-state index contributed by atoms with van der Waals surface area (Å²) in [5, 5.41) is 0. The summed E-state index contributed by atoms with van der Waals surface area (Å²) in [4.78, 5) is 4.53. The van der Waals surface area contributed by atoms with Crippen molar-refractivity contribution in [1.29, 1.82) is 0 Å². The Bertz CT molecular complexity index is 332. The van der Waals surface area contributed by atoms with Crippen molar-refractivity contribution in [2.24, 2.45) is 0 Å². The van der Waals surface area contributed by atoms with E-state index in [1.54, 1.807) is 0 Å². The molecule has 2 rings (SSSR count). The van der Waals surface area contributed by atoms with Crippen LogP contribution in [0.5, 0.6) is 0 Å². The first-order chi connectivity index (χ1) is 6.79. The molecule has 0 atom stereocenters. The van der Waals surface area contributed by atoms with E-state index in [1.807, 2.05) is 0 Å². The number of nitrogens with zero attached hydrogens (tertiary/aromatic N) is 2. The van der Waals surface area contributed by atoms with Crippen LogP contribution in [-0.2, 0) is 0 Å². The molecule has 0 bridgehead atoms. The number of hydrogen-bond donors (Lipinski definition) is 0. The molecule has 74 valence electrons. The van der Waals surface area contributed by atoms with Crippen molar-refractivity contribution in [1.82, 2.24) is 4.90 Å². The van der Waals surface area contributed by atoms with Crippen molar-refractivity contribution < 1.29 is 0 Å². The standard InChI is InChI=1S/C11H13IN2/c1-2-13-7-8-14(9-13)11-5-3-10(12)4-6-11/h3-8H,2,9H2,1H3. The van der Waals surface area contributed by atoms with Crippen molar-refractivity contribution in [3.63, 3.8) is 0 Å². The lowest BCUT2D eigenvalue weighted by molar-refractivity contribution is 0.429. The molecule has 1 aromatic carbocycles. The Hall–Kier alpha value is -0.710. The summed E-state index contributed by atoms with van der Waals surface area (Å²) in [5.74, 6) is 0. The predicted octanol–water partition coefficient (Wildman–Crippen LogP) is 2.86. The van der Waals surface area contributed by atoms with E-state index in [1.165, 1.54) is 9.26 Å². The van der Waals surface area contributed by atoms with Crippen LogP contribution in [0.2, 0.25) is 0 Å². The molecule has 2 nitrogen and oxygen atoms in total. The maximum Gasteiger partial charge on any atom is 0.0941 e. The second kappa shape index (κ2) is 4.21. The normalized spacial score (nSPS) is 15.3. The summed E-state index contributed by atoms with van der Waals surface area (Å²) in [7, 11) is 0. The third kappa shape index (κ3) is 2.03. The van der Waals surface area contributed by atoms with E-state index < -0.39 is 0 Å². The molecular formula is C11H13IN2. The average molecular weight is 300 g/mol. The van der Waals surface area contributed by atoms with E-state index in [0.29, 0.717) is 0 Å². The third-order valence-electron chi connectivity index (χ3n) is 2.36. The molecule has 0 saturated heterocycles. The van der Waals surface area contributed by atoms with Crippen LogP contribution < -0.4 is 4.90 Å². The van der Waals surface area contributed by atoms with E-state index in [9.17, 15) is 0 Å². The molecule has 1 heterocycles. The van der Waals surface area contributed by atoms with Gasteiger partial charge in [-0.05, 0) is 53.8 Å². The third-order valence-corrected chi connectivity index (χ3v) is 3.08. The smallest absolute Gasteiger partial charge is 0.0941 e. The molecule has 1 aromatic rings. The maximum absolute atomic E-state index is 2.32. The highest BCUT2D eigenvalue weighted by Gasteiger charge is 2.11. The lowest BCUT2D eigenvalue weighted by Crippen LogP contribution is -2.24. The molecular weight excluding hydrogens is 287 g/mol. The molecule has 0 radical (unpaired) electrons. The SMILES string of the molecule is CCN1C=CN(c2ccc(I)cc2)C1. The van der Waals surface area contributed by atoms with E-state index in [0.717, 1.165) is 13.2 Å². The molecule has 0 fully saturated rings. The van der Waals surface area contributed by atoms with Gasteiger partial charge in [0.15, 0.2) is 0 Å². The van der Waals surface area contributed by atoms with Crippen LogP contribution in [0.1, 0.15) is 6.92 Å². The van der Waals surface area contributed by atoms with Gasteiger partial charge >= 0.3 is 0 Å². The Labute approximate surface area is 98.3 Å². The molecule has 0 N–H and O–H groups in total. The number of halogens is 1. The van der Waals surface area contributed by atoms with E-state index in [2.05, 4.69) is 76.0 Å². The van der Waals surface area contributed by atoms with Crippen molar-refractivity contribution in [2.75, 3.05) is 18.1 Å². The second-order valence-electron chi connectivity index (χ2n) is 3.29. The Morgan fingerprint density at radius 3 is 2.50 bits per heavy atom. The lowest BCUT2D eigenvalue weighted by Gasteiger charge is -2.19. The summed E-state index contributed by atoms with van der Waals surface area (Å²) in [6.45, 7) is 4.20. The van der Waals surface area contributed by atoms with Crippen LogP contribution in [-0.4, -0.2) is 18.1 Å². The quantitative estimate of drug-likeness (QED) is 0.775. The van der Waals surface area contributed by atoms with Crippen molar-refractivity contribution in [3.8, 4) is 0 Å². The van der Waals surface area contributed by atoms with Gasteiger partial charge in [0.2, 0.25) is 0 Å². The van der Waals surface area contributed by atoms with E-state index >= 15 is 0 Å². The van der Waals surface area contributed by atoms with Crippen LogP contribution in [0.4, 0.5) is 5.69 Å². The summed E-state index contributed by atoms with van der Waals surface area (Å²) in [6.07, 6.45) is 4.27. The minimum absolute atomic E-state index is 0.969. The summed E-state index contributed by atoms with van der Waals surface area (Å²) in [6, 6.07) is 8.59. The number of benzene rings is 1. The fraction of sp³-hybridized carbons (Fsp3) is 0.273. The van der Waals surface area contributed by atoms with Gasteiger partial charge < -0.3 is 9.80 Å². The van der Waals surface area contributed by atoms with Crippen LogP contribution in [0.25, 0.3) is 0 Å². The van der Waals surface area contributed by atoms with Gasteiger partial charge in [-0.15, -0.1) is 0 Å². The zero-order valence-electron chi connectivity index (χ0n) is 8.15. The minimum Gasteiger partial charge on any atom is -0.359 e. The first kappa shape index (κ1) is 9.83. The first-order valence-corrected chi connectivity index (χ1v) is 5.82. The molecule has 0 spiro atoms. The molecule has 14 heavy (non-hydrogen) atoms. The van der Waals surface area contributed by atoms with Gasteiger partial charge in [0.25, 0.3) is 0 Å². The number of rotatable bonds is 2. The molecule has 1 aliphatic rings.